The summed E-state index contributed by atoms with van der Waals surface area (Å²) in [6.07, 6.45) is -4.52. The van der Waals surface area contributed by atoms with E-state index < -0.39 is 11.7 Å². The molecule has 0 aromatic heterocycles. The Kier molecular flexibility index (Phi) is 4.84. The molecule has 0 aliphatic rings. The number of nitrogens with one attached hydrogen (secondary N) is 2. The van der Waals surface area contributed by atoms with Crippen molar-refractivity contribution in [1.29, 1.82) is 0 Å². The average molecular weight is 281 g/mol. The molecule has 1 aromatic rings. The highest BCUT2D eigenvalue weighted by Gasteiger charge is 2.33. The smallest absolute Gasteiger partial charge is 0.376 e. The minimum atomic E-state index is -4.52. The first-order valence-corrected chi connectivity index (χ1v) is 5.59. The van der Waals surface area contributed by atoms with Gasteiger partial charge in [-0.1, -0.05) is 11.6 Å². The normalized spacial score (nSPS) is 11.2. The number of carbonyl (C=O) groups excluding carboxylic acids is 1. The first kappa shape index (κ1) is 14.6. The highest BCUT2D eigenvalue weighted by Crippen LogP contribution is 2.36. The zero-order chi connectivity index (χ0) is 13.8. The van der Waals surface area contributed by atoms with Crippen LogP contribution in [0.3, 0.4) is 0 Å². The number of carbonyl (C=O) groups is 1. The Morgan fingerprint density at radius 1 is 1.39 bits per heavy atom. The van der Waals surface area contributed by atoms with Gasteiger partial charge in [0.25, 0.3) is 0 Å². The van der Waals surface area contributed by atoms with Crippen LogP contribution in [0.1, 0.15) is 12.5 Å². The van der Waals surface area contributed by atoms with Crippen LogP contribution in [0, 0.1) is 0 Å². The topological polar surface area (TPSA) is 41.1 Å². The molecule has 0 atom stereocenters. The van der Waals surface area contributed by atoms with Crippen molar-refractivity contribution in [3.63, 3.8) is 0 Å². The molecule has 7 heteroatoms. The van der Waals surface area contributed by atoms with Crippen LogP contribution in [-0.4, -0.2) is 19.0 Å². The van der Waals surface area contributed by atoms with Crippen molar-refractivity contribution in [3.05, 3.63) is 28.8 Å². The Morgan fingerprint density at radius 2 is 2.06 bits per heavy atom. The molecule has 0 unspecified atom stereocenters. The summed E-state index contributed by atoms with van der Waals surface area (Å²) in [6, 6.07) is 3.35. The lowest BCUT2D eigenvalue weighted by Crippen LogP contribution is -2.30. The van der Waals surface area contributed by atoms with Crippen LogP contribution in [0.5, 0.6) is 0 Å². The van der Waals surface area contributed by atoms with Gasteiger partial charge in [0.2, 0.25) is 5.91 Å². The quantitative estimate of drug-likeness (QED) is 0.890. The van der Waals surface area contributed by atoms with E-state index in [0.717, 1.165) is 6.07 Å². The summed E-state index contributed by atoms with van der Waals surface area (Å²) < 4.78 is 38.1. The molecule has 1 amide bonds. The number of hydrogen-bond donors (Lipinski definition) is 2. The summed E-state index contributed by atoms with van der Waals surface area (Å²) in [6.45, 7) is 1.92. The SMILES string of the molecule is CCNC(=O)CNc1ccc(Cl)cc1C(F)(F)F. The Bertz CT molecular complexity index is 435. The van der Waals surface area contributed by atoms with E-state index in [1.165, 1.54) is 12.1 Å². The van der Waals surface area contributed by atoms with E-state index in [0.29, 0.717) is 6.54 Å². The van der Waals surface area contributed by atoms with Gasteiger partial charge < -0.3 is 10.6 Å². The van der Waals surface area contributed by atoms with Crippen LogP contribution in [0.2, 0.25) is 5.02 Å². The molecular weight excluding hydrogens is 269 g/mol. The average Bonchev–Trinajstić information content (AvgIpc) is 2.26. The van der Waals surface area contributed by atoms with Crippen molar-refractivity contribution < 1.29 is 18.0 Å². The molecule has 0 heterocycles. The second kappa shape index (κ2) is 5.95. The van der Waals surface area contributed by atoms with Crippen LogP contribution in [0.15, 0.2) is 18.2 Å². The summed E-state index contributed by atoms with van der Waals surface area (Å²) in [5.41, 5.74) is -1.06. The van der Waals surface area contributed by atoms with E-state index >= 15 is 0 Å². The zero-order valence-corrected chi connectivity index (χ0v) is 10.3. The lowest BCUT2D eigenvalue weighted by atomic mass is 10.1. The van der Waals surface area contributed by atoms with Crippen molar-refractivity contribution >= 4 is 23.2 Å². The largest absolute Gasteiger partial charge is 0.418 e. The minimum Gasteiger partial charge on any atom is -0.376 e. The third kappa shape index (κ3) is 4.10. The number of likely N-dealkylation sites (N-methyl/N-ethyl adjacent to an activating group) is 1. The molecule has 1 rings (SSSR count). The molecule has 100 valence electrons. The van der Waals surface area contributed by atoms with Gasteiger partial charge in [-0.2, -0.15) is 13.2 Å². The Balaban J connectivity index is 2.85. The number of hydrogen-bond acceptors (Lipinski definition) is 2. The zero-order valence-electron chi connectivity index (χ0n) is 9.57. The summed E-state index contributed by atoms with van der Waals surface area (Å²) in [5, 5.41) is 4.91. The molecule has 0 bridgehead atoms. The molecule has 0 radical (unpaired) electrons. The maximum absolute atomic E-state index is 12.7. The lowest BCUT2D eigenvalue weighted by Gasteiger charge is -2.14. The summed E-state index contributed by atoms with van der Waals surface area (Å²) in [4.78, 5) is 11.2. The van der Waals surface area contributed by atoms with Gasteiger partial charge in [-0.15, -0.1) is 0 Å². The third-order valence-corrected chi connectivity index (χ3v) is 2.34. The van der Waals surface area contributed by atoms with E-state index in [1.807, 2.05) is 0 Å². The van der Waals surface area contributed by atoms with Crippen molar-refractivity contribution in [1.82, 2.24) is 5.32 Å². The first-order chi connectivity index (χ1) is 8.34. The molecular formula is C11H12ClF3N2O. The monoisotopic (exact) mass is 280 g/mol. The molecule has 0 saturated carbocycles. The summed E-state index contributed by atoms with van der Waals surface area (Å²) in [5.74, 6) is -0.374. The van der Waals surface area contributed by atoms with Gasteiger partial charge in [0, 0.05) is 17.3 Å². The number of anilines is 1. The minimum absolute atomic E-state index is 0.00844. The van der Waals surface area contributed by atoms with Crippen molar-refractivity contribution in [2.24, 2.45) is 0 Å². The van der Waals surface area contributed by atoms with Gasteiger partial charge in [0.05, 0.1) is 12.1 Å². The molecule has 0 fully saturated rings. The molecule has 1 aromatic carbocycles. The van der Waals surface area contributed by atoms with E-state index in [1.54, 1.807) is 6.92 Å². The van der Waals surface area contributed by atoms with Crippen LogP contribution >= 0.6 is 11.6 Å². The maximum Gasteiger partial charge on any atom is 0.418 e. The van der Waals surface area contributed by atoms with Gasteiger partial charge in [-0.25, -0.2) is 0 Å². The Morgan fingerprint density at radius 3 is 2.61 bits per heavy atom. The molecule has 3 nitrogen and oxygen atoms in total. The fourth-order valence-electron chi connectivity index (χ4n) is 1.34. The van der Waals surface area contributed by atoms with Gasteiger partial charge in [0.15, 0.2) is 0 Å². The summed E-state index contributed by atoms with van der Waals surface area (Å²) >= 11 is 5.53. The van der Waals surface area contributed by atoms with Crippen molar-refractivity contribution in [3.8, 4) is 0 Å². The van der Waals surface area contributed by atoms with Crippen LogP contribution < -0.4 is 10.6 Å². The molecule has 0 aliphatic carbocycles. The maximum atomic E-state index is 12.7. The number of halogens is 4. The Hall–Kier alpha value is -1.43. The van der Waals surface area contributed by atoms with Crippen LogP contribution in [0.25, 0.3) is 0 Å². The molecule has 0 saturated heterocycles. The van der Waals surface area contributed by atoms with E-state index in [-0.39, 0.29) is 23.2 Å². The number of rotatable bonds is 4. The third-order valence-electron chi connectivity index (χ3n) is 2.10. The van der Waals surface area contributed by atoms with Gasteiger partial charge in [0.1, 0.15) is 0 Å². The fourth-order valence-corrected chi connectivity index (χ4v) is 1.51. The molecule has 2 N–H and O–H groups in total. The van der Waals surface area contributed by atoms with Crippen molar-refractivity contribution in [2.75, 3.05) is 18.4 Å². The predicted octanol–water partition coefficient (Wildman–Crippen LogP) is 2.91. The van der Waals surface area contributed by atoms with E-state index in [2.05, 4.69) is 10.6 Å². The van der Waals surface area contributed by atoms with Crippen molar-refractivity contribution in [2.45, 2.75) is 13.1 Å². The molecule has 0 spiro atoms. The number of alkyl halides is 3. The molecule has 18 heavy (non-hydrogen) atoms. The highest BCUT2D eigenvalue weighted by atomic mass is 35.5. The van der Waals surface area contributed by atoms with Crippen LogP contribution in [-0.2, 0) is 11.0 Å². The summed E-state index contributed by atoms with van der Waals surface area (Å²) in [7, 11) is 0. The molecule has 0 aliphatic heterocycles. The first-order valence-electron chi connectivity index (χ1n) is 5.22. The van der Waals surface area contributed by atoms with E-state index in [9.17, 15) is 18.0 Å². The number of benzene rings is 1. The standard InChI is InChI=1S/C11H12ClF3N2O/c1-2-16-10(18)6-17-9-4-3-7(12)5-8(9)11(13,14)15/h3-5,17H,2,6H2,1H3,(H,16,18). The van der Waals surface area contributed by atoms with E-state index in [4.69, 9.17) is 11.6 Å². The number of amides is 1. The van der Waals surface area contributed by atoms with Gasteiger partial charge >= 0.3 is 6.18 Å². The van der Waals surface area contributed by atoms with Gasteiger partial charge in [-0.05, 0) is 25.1 Å². The lowest BCUT2D eigenvalue weighted by molar-refractivity contribution is -0.137. The van der Waals surface area contributed by atoms with Gasteiger partial charge in [-0.3, -0.25) is 4.79 Å². The Labute approximate surface area is 107 Å². The van der Waals surface area contributed by atoms with Crippen LogP contribution in [0.4, 0.5) is 18.9 Å². The predicted molar refractivity (Wildman–Crippen MR) is 63.6 cm³/mol. The fraction of sp³-hybridized carbons (Fsp3) is 0.364. The second-order valence-electron chi connectivity index (χ2n) is 3.49. The second-order valence-corrected chi connectivity index (χ2v) is 3.93. The highest BCUT2D eigenvalue weighted by molar-refractivity contribution is 6.30.